The summed E-state index contributed by atoms with van der Waals surface area (Å²) in [6, 6.07) is 18.7. The number of rotatable bonds is 5. The van der Waals surface area contributed by atoms with Crippen LogP contribution in [0.1, 0.15) is 27.0 Å². The van der Waals surface area contributed by atoms with Gasteiger partial charge in [-0.05, 0) is 85.1 Å². The molecule has 0 unspecified atom stereocenters. The molecule has 1 heterocycles. The summed E-state index contributed by atoms with van der Waals surface area (Å²) >= 11 is 12.4. The maximum atomic E-state index is 12.4. The third kappa shape index (κ3) is 4.96. The predicted molar refractivity (Wildman–Crippen MR) is 125 cm³/mol. The van der Waals surface area contributed by atoms with Gasteiger partial charge in [-0.25, -0.2) is 0 Å². The number of halogens is 2. The van der Waals surface area contributed by atoms with Gasteiger partial charge in [0.2, 0.25) is 0 Å². The zero-order valence-electron chi connectivity index (χ0n) is 16.5. The minimum absolute atomic E-state index is 0.152. The largest absolute Gasteiger partial charge is 0.380 e. The number of amides is 1. The lowest BCUT2D eigenvalue weighted by atomic mass is 10.0. The Balaban J connectivity index is 1.42. The molecule has 3 aromatic rings. The van der Waals surface area contributed by atoms with Crippen LogP contribution in [0.4, 0.5) is 11.4 Å². The molecule has 1 aliphatic rings. The second-order valence-corrected chi connectivity index (χ2v) is 8.17. The van der Waals surface area contributed by atoms with Crippen molar-refractivity contribution in [3.63, 3.8) is 0 Å². The summed E-state index contributed by atoms with van der Waals surface area (Å²) in [7, 11) is 0. The molecule has 30 heavy (non-hydrogen) atoms. The zero-order chi connectivity index (χ0) is 20.9. The number of nitrogens with one attached hydrogen (secondary N) is 3. The molecule has 0 bridgehead atoms. The van der Waals surface area contributed by atoms with Crippen LogP contribution >= 0.6 is 23.2 Å². The molecule has 3 aromatic carbocycles. The lowest BCUT2D eigenvalue weighted by Crippen LogP contribution is -2.16. The minimum atomic E-state index is -0.152. The molecule has 0 radical (unpaired) electrons. The number of fused-ring (bicyclic) bond motifs is 1. The molecule has 0 saturated heterocycles. The normalized spacial score (nSPS) is 13.3. The Morgan fingerprint density at radius 2 is 1.63 bits per heavy atom. The standard InChI is InChI=1S/C24H23Cl2N3O/c25-19-6-8-20(9-7-19)29-24(30)18-3-1-16(2-4-18)15-28-23-21-12-14-27-13-11-17(21)5-10-22(23)26/h1-10,27-28H,11-15H2,(H,29,30). The van der Waals surface area contributed by atoms with Crippen LogP contribution in [0, 0.1) is 0 Å². The molecule has 4 rings (SSSR count). The highest BCUT2D eigenvalue weighted by Crippen LogP contribution is 2.31. The van der Waals surface area contributed by atoms with Crippen molar-refractivity contribution in [2.45, 2.75) is 19.4 Å². The number of benzene rings is 3. The summed E-state index contributed by atoms with van der Waals surface area (Å²) < 4.78 is 0. The highest BCUT2D eigenvalue weighted by Gasteiger charge is 2.14. The van der Waals surface area contributed by atoms with Gasteiger partial charge in [-0.1, -0.05) is 41.4 Å². The minimum Gasteiger partial charge on any atom is -0.380 e. The molecule has 1 aliphatic heterocycles. The van der Waals surface area contributed by atoms with Crippen molar-refractivity contribution >= 4 is 40.5 Å². The first-order valence-corrected chi connectivity index (χ1v) is 10.8. The molecular weight excluding hydrogens is 417 g/mol. The quantitative estimate of drug-likeness (QED) is 0.488. The third-order valence-corrected chi connectivity index (χ3v) is 5.84. The first kappa shape index (κ1) is 20.7. The molecule has 0 saturated carbocycles. The number of carbonyl (C=O) groups is 1. The van der Waals surface area contributed by atoms with Gasteiger partial charge in [0.05, 0.1) is 10.7 Å². The van der Waals surface area contributed by atoms with E-state index in [2.05, 4.69) is 22.0 Å². The number of anilines is 2. The Kier molecular flexibility index (Phi) is 6.58. The molecular formula is C24H23Cl2N3O. The van der Waals surface area contributed by atoms with Crippen LogP contribution in [0.25, 0.3) is 0 Å². The SMILES string of the molecule is O=C(Nc1ccc(Cl)cc1)c1ccc(CNc2c(Cl)ccc3c2CCNCC3)cc1. The Hall–Kier alpha value is -2.53. The van der Waals surface area contributed by atoms with E-state index >= 15 is 0 Å². The maximum Gasteiger partial charge on any atom is 0.255 e. The summed E-state index contributed by atoms with van der Waals surface area (Å²) in [6.07, 6.45) is 1.97. The first-order chi connectivity index (χ1) is 14.6. The molecule has 0 spiro atoms. The van der Waals surface area contributed by atoms with Crippen LogP contribution < -0.4 is 16.0 Å². The predicted octanol–water partition coefficient (Wildman–Crippen LogP) is 5.55. The molecule has 0 atom stereocenters. The Morgan fingerprint density at radius 3 is 2.40 bits per heavy atom. The van der Waals surface area contributed by atoms with Gasteiger partial charge in [0.25, 0.3) is 5.91 Å². The van der Waals surface area contributed by atoms with Gasteiger partial charge in [-0.3, -0.25) is 4.79 Å². The topological polar surface area (TPSA) is 53.2 Å². The van der Waals surface area contributed by atoms with Gasteiger partial charge in [0.1, 0.15) is 0 Å². The molecule has 3 N–H and O–H groups in total. The van der Waals surface area contributed by atoms with Crippen molar-refractivity contribution < 1.29 is 4.79 Å². The van der Waals surface area contributed by atoms with Gasteiger partial charge in [-0.2, -0.15) is 0 Å². The third-order valence-electron chi connectivity index (χ3n) is 5.27. The fourth-order valence-electron chi connectivity index (χ4n) is 3.64. The smallest absolute Gasteiger partial charge is 0.255 e. The van der Waals surface area contributed by atoms with E-state index in [1.165, 1.54) is 11.1 Å². The Bertz CT molecular complexity index is 1030. The number of carbonyl (C=O) groups excluding carboxylic acids is 1. The molecule has 1 amide bonds. The summed E-state index contributed by atoms with van der Waals surface area (Å²) in [4.78, 5) is 12.4. The van der Waals surface area contributed by atoms with Crippen molar-refractivity contribution in [3.8, 4) is 0 Å². The fraction of sp³-hybridized carbons (Fsp3) is 0.208. The van der Waals surface area contributed by atoms with Gasteiger partial charge in [-0.15, -0.1) is 0 Å². The molecule has 6 heteroatoms. The van der Waals surface area contributed by atoms with Crippen molar-refractivity contribution in [2.24, 2.45) is 0 Å². The summed E-state index contributed by atoms with van der Waals surface area (Å²) in [5, 5.41) is 11.2. The average molecular weight is 440 g/mol. The molecule has 154 valence electrons. The monoisotopic (exact) mass is 439 g/mol. The summed E-state index contributed by atoms with van der Waals surface area (Å²) in [5.74, 6) is -0.152. The van der Waals surface area contributed by atoms with E-state index in [0.717, 1.165) is 42.2 Å². The van der Waals surface area contributed by atoms with Crippen LogP contribution in [0.2, 0.25) is 10.0 Å². The highest BCUT2D eigenvalue weighted by molar-refractivity contribution is 6.33. The Labute approximate surface area is 186 Å². The highest BCUT2D eigenvalue weighted by atomic mass is 35.5. The molecule has 0 aliphatic carbocycles. The lowest BCUT2D eigenvalue weighted by molar-refractivity contribution is 0.102. The van der Waals surface area contributed by atoms with Crippen LogP contribution in [-0.4, -0.2) is 19.0 Å². The van der Waals surface area contributed by atoms with Crippen molar-refractivity contribution in [2.75, 3.05) is 23.7 Å². The van der Waals surface area contributed by atoms with E-state index in [0.29, 0.717) is 22.8 Å². The van der Waals surface area contributed by atoms with E-state index in [4.69, 9.17) is 23.2 Å². The molecule has 4 nitrogen and oxygen atoms in total. The van der Waals surface area contributed by atoms with Crippen molar-refractivity contribution in [1.29, 1.82) is 0 Å². The summed E-state index contributed by atoms with van der Waals surface area (Å²) in [5.41, 5.74) is 6.06. The second kappa shape index (κ2) is 9.52. The summed E-state index contributed by atoms with van der Waals surface area (Å²) in [6.45, 7) is 2.59. The van der Waals surface area contributed by atoms with Crippen molar-refractivity contribution in [3.05, 3.63) is 93.0 Å². The lowest BCUT2D eigenvalue weighted by Gasteiger charge is -2.16. The maximum absolute atomic E-state index is 12.4. The van der Waals surface area contributed by atoms with Gasteiger partial charge in [0.15, 0.2) is 0 Å². The molecule has 0 aromatic heterocycles. The van der Waals surface area contributed by atoms with Crippen LogP contribution in [0.3, 0.4) is 0 Å². The second-order valence-electron chi connectivity index (χ2n) is 7.32. The van der Waals surface area contributed by atoms with Gasteiger partial charge >= 0.3 is 0 Å². The van der Waals surface area contributed by atoms with E-state index in [-0.39, 0.29) is 5.91 Å². The van der Waals surface area contributed by atoms with E-state index < -0.39 is 0 Å². The van der Waals surface area contributed by atoms with E-state index in [1.54, 1.807) is 24.3 Å². The number of hydrogen-bond donors (Lipinski definition) is 3. The fourth-order valence-corrected chi connectivity index (χ4v) is 4.01. The van der Waals surface area contributed by atoms with Crippen LogP contribution in [0.15, 0.2) is 60.7 Å². The van der Waals surface area contributed by atoms with Crippen LogP contribution in [-0.2, 0) is 19.4 Å². The van der Waals surface area contributed by atoms with Crippen molar-refractivity contribution in [1.82, 2.24) is 5.32 Å². The average Bonchev–Trinajstić information content (AvgIpc) is 3.01. The van der Waals surface area contributed by atoms with Gasteiger partial charge in [0, 0.05) is 22.8 Å². The van der Waals surface area contributed by atoms with E-state index in [9.17, 15) is 4.79 Å². The first-order valence-electron chi connectivity index (χ1n) is 10.0. The van der Waals surface area contributed by atoms with E-state index in [1.807, 2.05) is 30.3 Å². The molecule has 0 fully saturated rings. The Morgan fingerprint density at radius 1 is 0.900 bits per heavy atom. The zero-order valence-corrected chi connectivity index (χ0v) is 18.0. The van der Waals surface area contributed by atoms with Crippen LogP contribution in [0.5, 0.6) is 0 Å². The number of hydrogen-bond acceptors (Lipinski definition) is 3. The van der Waals surface area contributed by atoms with Gasteiger partial charge < -0.3 is 16.0 Å².